The third kappa shape index (κ3) is 3.08. The van der Waals surface area contributed by atoms with Crippen LogP contribution < -0.4 is 4.72 Å². The van der Waals surface area contributed by atoms with Crippen LogP contribution in [-0.4, -0.2) is 15.0 Å². The Bertz CT molecular complexity index is 472. The van der Waals surface area contributed by atoms with Crippen LogP contribution in [-0.2, 0) is 10.0 Å². The summed E-state index contributed by atoms with van der Waals surface area (Å²) in [6.07, 6.45) is 5.44. The van der Waals surface area contributed by atoms with Crippen LogP contribution in [0.3, 0.4) is 0 Å². The van der Waals surface area contributed by atoms with Gasteiger partial charge in [0.2, 0.25) is 10.0 Å². The zero-order valence-corrected chi connectivity index (χ0v) is 9.34. The van der Waals surface area contributed by atoms with Gasteiger partial charge in [0.25, 0.3) is 0 Å². The topological polar surface area (TPSA) is 46.2 Å². The van der Waals surface area contributed by atoms with E-state index < -0.39 is 10.0 Å². The van der Waals surface area contributed by atoms with Crippen LogP contribution in [0.4, 0.5) is 0 Å². The summed E-state index contributed by atoms with van der Waals surface area (Å²) in [6.45, 7) is 2.03. The lowest BCUT2D eigenvalue weighted by molar-refractivity contribution is 0.582. The Balaban J connectivity index is 2.88. The first-order chi connectivity index (χ1) is 7.08. The van der Waals surface area contributed by atoms with Gasteiger partial charge in [0, 0.05) is 13.0 Å². The quantitative estimate of drug-likeness (QED) is 0.617. The second-order valence-electron chi connectivity index (χ2n) is 3.12. The minimum absolute atomic E-state index is 0.271. The molecule has 1 N–H and O–H groups in total. The molecule has 0 fully saturated rings. The molecule has 15 heavy (non-hydrogen) atoms. The molecule has 1 rings (SSSR count). The van der Waals surface area contributed by atoms with Crippen molar-refractivity contribution in [2.45, 2.75) is 18.2 Å². The maximum Gasteiger partial charge on any atom is 0.240 e. The monoisotopic (exact) mass is 223 g/mol. The molecular formula is C11H13NO2S. The van der Waals surface area contributed by atoms with Gasteiger partial charge in [0.05, 0.1) is 4.90 Å². The number of sulfonamides is 1. The van der Waals surface area contributed by atoms with Crippen LogP contribution in [0, 0.1) is 19.3 Å². The van der Waals surface area contributed by atoms with E-state index in [4.69, 9.17) is 6.42 Å². The van der Waals surface area contributed by atoms with Gasteiger partial charge in [-0.05, 0) is 18.6 Å². The molecule has 0 bridgehead atoms. The number of terminal acetylenes is 1. The van der Waals surface area contributed by atoms with E-state index in [1.54, 1.807) is 31.2 Å². The summed E-state index contributed by atoms with van der Waals surface area (Å²) in [5, 5.41) is 0. The Morgan fingerprint density at radius 1 is 1.40 bits per heavy atom. The van der Waals surface area contributed by atoms with E-state index in [9.17, 15) is 8.42 Å². The lowest BCUT2D eigenvalue weighted by Crippen LogP contribution is -2.25. The molecule has 0 radical (unpaired) electrons. The molecule has 0 spiro atoms. The fourth-order valence-corrected chi connectivity index (χ4v) is 2.47. The van der Waals surface area contributed by atoms with Crippen LogP contribution in [0.5, 0.6) is 0 Å². The lowest BCUT2D eigenvalue weighted by atomic mass is 10.2. The first-order valence-electron chi connectivity index (χ1n) is 4.56. The number of benzene rings is 1. The maximum atomic E-state index is 11.7. The van der Waals surface area contributed by atoms with E-state index in [1.165, 1.54) is 0 Å². The Hall–Kier alpha value is -1.31. The van der Waals surface area contributed by atoms with Gasteiger partial charge in [-0.25, -0.2) is 13.1 Å². The number of aryl methyl sites for hydroxylation is 1. The average Bonchev–Trinajstić information content (AvgIpc) is 2.18. The van der Waals surface area contributed by atoms with Crippen molar-refractivity contribution < 1.29 is 8.42 Å². The van der Waals surface area contributed by atoms with Gasteiger partial charge in [-0.3, -0.25) is 0 Å². The SMILES string of the molecule is C#CCCNS(=O)(=O)c1ccccc1C. The Morgan fingerprint density at radius 2 is 2.07 bits per heavy atom. The van der Waals surface area contributed by atoms with Crippen LogP contribution in [0.15, 0.2) is 29.2 Å². The first kappa shape index (κ1) is 11.8. The number of nitrogens with one attached hydrogen (secondary N) is 1. The van der Waals surface area contributed by atoms with Gasteiger partial charge in [-0.1, -0.05) is 18.2 Å². The minimum Gasteiger partial charge on any atom is -0.210 e. The maximum absolute atomic E-state index is 11.7. The molecule has 1 aromatic carbocycles. The molecule has 0 aliphatic carbocycles. The number of rotatable bonds is 4. The predicted octanol–water partition coefficient (Wildman–Crippen LogP) is 1.30. The fraction of sp³-hybridized carbons (Fsp3) is 0.273. The van der Waals surface area contributed by atoms with Crippen molar-refractivity contribution in [1.29, 1.82) is 0 Å². The van der Waals surface area contributed by atoms with E-state index in [2.05, 4.69) is 10.6 Å². The average molecular weight is 223 g/mol. The highest BCUT2D eigenvalue weighted by molar-refractivity contribution is 7.89. The number of hydrogen-bond donors (Lipinski definition) is 1. The summed E-state index contributed by atoms with van der Waals surface area (Å²) in [7, 11) is -3.41. The summed E-state index contributed by atoms with van der Waals surface area (Å²) in [4.78, 5) is 0.307. The summed E-state index contributed by atoms with van der Waals surface area (Å²) >= 11 is 0. The van der Waals surface area contributed by atoms with Gasteiger partial charge >= 0.3 is 0 Å². The zero-order chi connectivity index (χ0) is 11.3. The molecule has 0 amide bonds. The third-order valence-corrected chi connectivity index (χ3v) is 3.57. The molecule has 0 aromatic heterocycles. The smallest absolute Gasteiger partial charge is 0.210 e. The summed E-state index contributed by atoms with van der Waals surface area (Å²) < 4.78 is 25.9. The van der Waals surface area contributed by atoms with Crippen molar-refractivity contribution in [3.63, 3.8) is 0 Å². The molecule has 0 atom stereocenters. The van der Waals surface area contributed by atoms with Crippen LogP contribution in [0.1, 0.15) is 12.0 Å². The molecule has 0 heterocycles. The predicted molar refractivity (Wildman–Crippen MR) is 59.8 cm³/mol. The van der Waals surface area contributed by atoms with E-state index in [0.29, 0.717) is 11.3 Å². The molecular weight excluding hydrogens is 210 g/mol. The summed E-state index contributed by atoms with van der Waals surface area (Å²) in [6, 6.07) is 6.84. The molecule has 0 saturated heterocycles. The van der Waals surface area contributed by atoms with Crippen molar-refractivity contribution in [1.82, 2.24) is 4.72 Å². The molecule has 80 valence electrons. The van der Waals surface area contributed by atoms with E-state index >= 15 is 0 Å². The first-order valence-corrected chi connectivity index (χ1v) is 6.05. The Kier molecular flexibility index (Phi) is 3.89. The van der Waals surface area contributed by atoms with Crippen LogP contribution in [0.25, 0.3) is 0 Å². The second-order valence-corrected chi connectivity index (χ2v) is 4.85. The third-order valence-electron chi connectivity index (χ3n) is 1.94. The molecule has 0 aliphatic heterocycles. The highest BCUT2D eigenvalue weighted by Crippen LogP contribution is 2.13. The van der Waals surface area contributed by atoms with Gasteiger partial charge in [-0.15, -0.1) is 12.3 Å². The molecule has 1 aromatic rings. The van der Waals surface area contributed by atoms with Gasteiger partial charge < -0.3 is 0 Å². The van der Waals surface area contributed by atoms with Gasteiger partial charge in [0.1, 0.15) is 0 Å². The minimum atomic E-state index is -3.41. The van der Waals surface area contributed by atoms with Crippen molar-refractivity contribution in [2.24, 2.45) is 0 Å². The fourth-order valence-electron chi connectivity index (χ4n) is 1.19. The van der Waals surface area contributed by atoms with E-state index in [-0.39, 0.29) is 6.54 Å². The highest BCUT2D eigenvalue weighted by Gasteiger charge is 2.14. The van der Waals surface area contributed by atoms with E-state index in [0.717, 1.165) is 5.56 Å². The summed E-state index contributed by atoms with van der Waals surface area (Å²) in [5.41, 5.74) is 0.728. The van der Waals surface area contributed by atoms with E-state index in [1.807, 2.05) is 0 Å². The zero-order valence-electron chi connectivity index (χ0n) is 8.53. The van der Waals surface area contributed by atoms with Crippen molar-refractivity contribution in [3.05, 3.63) is 29.8 Å². The Labute approximate surface area is 90.6 Å². The van der Waals surface area contributed by atoms with Crippen molar-refractivity contribution in [3.8, 4) is 12.3 Å². The van der Waals surface area contributed by atoms with Gasteiger partial charge in [0.15, 0.2) is 0 Å². The lowest BCUT2D eigenvalue weighted by Gasteiger charge is -2.07. The van der Waals surface area contributed by atoms with Crippen LogP contribution >= 0.6 is 0 Å². The van der Waals surface area contributed by atoms with Crippen LogP contribution in [0.2, 0.25) is 0 Å². The number of hydrogen-bond acceptors (Lipinski definition) is 2. The second kappa shape index (κ2) is 4.96. The Morgan fingerprint density at radius 3 is 2.67 bits per heavy atom. The largest absolute Gasteiger partial charge is 0.240 e. The van der Waals surface area contributed by atoms with Crippen molar-refractivity contribution in [2.75, 3.05) is 6.54 Å². The molecule has 0 aliphatic rings. The van der Waals surface area contributed by atoms with Gasteiger partial charge in [-0.2, -0.15) is 0 Å². The molecule has 4 heteroatoms. The normalized spacial score (nSPS) is 10.9. The summed E-state index contributed by atoms with van der Waals surface area (Å²) in [5.74, 6) is 2.38. The molecule has 0 saturated carbocycles. The molecule has 0 unspecified atom stereocenters. The highest BCUT2D eigenvalue weighted by atomic mass is 32.2. The van der Waals surface area contributed by atoms with Crippen molar-refractivity contribution >= 4 is 10.0 Å². The standard InChI is InChI=1S/C11H13NO2S/c1-3-4-9-12-15(13,14)11-8-6-5-7-10(11)2/h1,5-8,12H,4,9H2,2H3. The molecule has 3 nitrogen and oxygen atoms in total.